The van der Waals surface area contributed by atoms with E-state index in [9.17, 15) is 4.79 Å². The van der Waals surface area contributed by atoms with Crippen molar-refractivity contribution in [3.63, 3.8) is 0 Å². The van der Waals surface area contributed by atoms with Crippen molar-refractivity contribution in [2.45, 2.75) is 38.3 Å². The maximum atomic E-state index is 13.0. The second-order valence-corrected chi connectivity index (χ2v) is 6.64. The summed E-state index contributed by atoms with van der Waals surface area (Å²) in [5.41, 5.74) is 2.68. The number of pyridine rings is 1. The van der Waals surface area contributed by atoms with Gasteiger partial charge in [0.15, 0.2) is 0 Å². The number of aromatic nitrogens is 3. The summed E-state index contributed by atoms with van der Waals surface area (Å²) in [4.78, 5) is 21.8. The molecule has 1 unspecified atom stereocenters. The largest absolute Gasteiger partial charge is 0.342 e. The first-order chi connectivity index (χ1) is 12.8. The Bertz CT molecular complexity index is 874. The molecule has 0 spiro atoms. The molecule has 0 saturated heterocycles. The number of fused-ring (bicyclic) bond motifs is 1. The average Bonchev–Trinajstić information content (AvgIpc) is 3.13. The van der Waals surface area contributed by atoms with Gasteiger partial charge in [-0.1, -0.05) is 36.4 Å². The smallest absolute Gasteiger partial charge is 0.270 e. The summed E-state index contributed by atoms with van der Waals surface area (Å²) >= 11 is 0. The molecule has 1 aliphatic heterocycles. The predicted molar refractivity (Wildman–Crippen MR) is 99.8 cm³/mol. The zero-order valence-electron chi connectivity index (χ0n) is 14.6. The molecule has 5 nitrogen and oxygen atoms in total. The Morgan fingerprint density at radius 2 is 1.92 bits per heavy atom. The number of aryl methyl sites for hydroxylation is 1. The van der Waals surface area contributed by atoms with E-state index in [0.717, 1.165) is 37.3 Å². The van der Waals surface area contributed by atoms with Gasteiger partial charge in [0.1, 0.15) is 11.5 Å². The van der Waals surface area contributed by atoms with E-state index in [-0.39, 0.29) is 11.9 Å². The number of imidazole rings is 1. The number of benzene rings is 1. The fraction of sp³-hybridized carbons (Fsp3) is 0.286. The van der Waals surface area contributed by atoms with Crippen molar-refractivity contribution in [2.75, 3.05) is 0 Å². The Morgan fingerprint density at radius 3 is 2.73 bits per heavy atom. The molecule has 1 aromatic carbocycles. The van der Waals surface area contributed by atoms with E-state index in [1.54, 1.807) is 12.4 Å². The Labute approximate surface area is 153 Å². The molecule has 0 fully saturated rings. The van der Waals surface area contributed by atoms with Crippen molar-refractivity contribution in [3.05, 3.63) is 83.7 Å². The molecule has 4 rings (SSSR count). The van der Waals surface area contributed by atoms with Gasteiger partial charge < -0.3 is 9.88 Å². The van der Waals surface area contributed by atoms with Gasteiger partial charge in [0, 0.05) is 19.2 Å². The molecule has 1 atom stereocenters. The van der Waals surface area contributed by atoms with Crippen LogP contribution in [-0.4, -0.2) is 20.4 Å². The number of carbonyl (C=O) groups excluding carboxylic acids is 1. The predicted octanol–water partition coefficient (Wildman–Crippen LogP) is 3.33. The minimum Gasteiger partial charge on any atom is -0.342 e. The maximum Gasteiger partial charge on any atom is 0.270 e. The van der Waals surface area contributed by atoms with E-state index in [0.29, 0.717) is 12.1 Å². The molecular formula is C21H22N4O. The summed E-state index contributed by atoms with van der Waals surface area (Å²) in [5, 5.41) is 3.17. The van der Waals surface area contributed by atoms with Crippen molar-refractivity contribution in [1.82, 2.24) is 19.9 Å². The highest BCUT2D eigenvalue weighted by Crippen LogP contribution is 2.20. The van der Waals surface area contributed by atoms with Gasteiger partial charge in [-0.2, -0.15) is 0 Å². The lowest BCUT2D eigenvalue weighted by Crippen LogP contribution is -2.32. The van der Waals surface area contributed by atoms with Crippen LogP contribution in [0.15, 0.2) is 60.9 Å². The van der Waals surface area contributed by atoms with Crippen molar-refractivity contribution in [3.8, 4) is 0 Å². The number of carbonyl (C=O) groups is 1. The van der Waals surface area contributed by atoms with E-state index in [1.165, 1.54) is 5.56 Å². The third kappa shape index (κ3) is 3.52. The molecule has 5 heteroatoms. The van der Waals surface area contributed by atoms with Crippen LogP contribution in [-0.2, 0) is 19.4 Å². The Hall–Kier alpha value is -2.95. The van der Waals surface area contributed by atoms with Crippen LogP contribution >= 0.6 is 0 Å². The van der Waals surface area contributed by atoms with Gasteiger partial charge in [0.05, 0.1) is 17.9 Å². The van der Waals surface area contributed by atoms with E-state index >= 15 is 0 Å². The molecule has 1 aliphatic rings. The Morgan fingerprint density at radius 1 is 1.08 bits per heavy atom. The molecule has 3 heterocycles. The third-order valence-corrected chi connectivity index (χ3v) is 4.84. The van der Waals surface area contributed by atoms with Gasteiger partial charge in [-0.25, -0.2) is 4.98 Å². The van der Waals surface area contributed by atoms with Crippen LogP contribution in [0, 0.1) is 0 Å². The quantitative estimate of drug-likeness (QED) is 0.771. The van der Waals surface area contributed by atoms with Crippen molar-refractivity contribution < 1.29 is 4.79 Å². The lowest BCUT2D eigenvalue weighted by Gasteiger charge is -2.20. The van der Waals surface area contributed by atoms with Gasteiger partial charge in [0.25, 0.3) is 5.91 Å². The molecule has 0 aliphatic carbocycles. The zero-order valence-corrected chi connectivity index (χ0v) is 14.6. The summed E-state index contributed by atoms with van der Waals surface area (Å²) in [5.74, 6) is 0.927. The Balaban J connectivity index is 1.58. The SMILES string of the molecule is O=C(NC(Cc1ccccc1)c1ccccn1)c1cnc2n1CCCC2. The fourth-order valence-corrected chi connectivity index (χ4v) is 3.49. The lowest BCUT2D eigenvalue weighted by molar-refractivity contribution is 0.0925. The monoisotopic (exact) mass is 346 g/mol. The van der Waals surface area contributed by atoms with Crippen molar-refractivity contribution in [2.24, 2.45) is 0 Å². The van der Waals surface area contributed by atoms with Crippen LogP contribution in [0.4, 0.5) is 0 Å². The molecule has 0 saturated carbocycles. The third-order valence-electron chi connectivity index (χ3n) is 4.84. The number of hydrogen-bond donors (Lipinski definition) is 1. The van der Waals surface area contributed by atoms with Crippen molar-refractivity contribution >= 4 is 5.91 Å². The number of rotatable bonds is 5. The first-order valence-corrected chi connectivity index (χ1v) is 9.11. The summed E-state index contributed by atoms with van der Waals surface area (Å²) < 4.78 is 2.05. The van der Waals surface area contributed by atoms with Gasteiger partial charge in [-0.15, -0.1) is 0 Å². The second kappa shape index (κ2) is 7.52. The minimum absolute atomic E-state index is 0.0859. The fourth-order valence-electron chi connectivity index (χ4n) is 3.49. The molecule has 3 aromatic rings. The topological polar surface area (TPSA) is 59.8 Å². The van der Waals surface area contributed by atoms with Crippen LogP contribution in [0.3, 0.4) is 0 Å². The van der Waals surface area contributed by atoms with Gasteiger partial charge in [0.2, 0.25) is 0 Å². The molecule has 1 N–H and O–H groups in total. The highest BCUT2D eigenvalue weighted by atomic mass is 16.2. The highest BCUT2D eigenvalue weighted by Gasteiger charge is 2.22. The van der Waals surface area contributed by atoms with Gasteiger partial charge in [-0.05, 0) is 37.0 Å². The first-order valence-electron chi connectivity index (χ1n) is 9.11. The van der Waals surface area contributed by atoms with Crippen LogP contribution in [0.1, 0.15) is 46.5 Å². The molecule has 26 heavy (non-hydrogen) atoms. The number of hydrogen-bond acceptors (Lipinski definition) is 3. The second-order valence-electron chi connectivity index (χ2n) is 6.64. The van der Waals surface area contributed by atoms with Crippen LogP contribution in [0.5, 0.6) is 0 Å². The van der Waals surface area contributed by atoms with E-state index in [4.69, 9.17) is 0 Å². The molecule has 2 aromatic heterocycles. The van der Waals surface area contributed by atoms with Gasteiger partial charge in [-0.3, -0.25) is 9.78 Å². The number of nitrogens with one attached hydrogen (secondary N) is 1. The maximum absolute atomic E-state index is 13.0. The average molecular weight is 346 g/mol. The highest BCUT2D eigenvalue weighted by molar-refractivity contribution is 5.92. The number of nitrogens with zero attached hydrogens (tertiary/aromatic N) is 3. The summed E-state index contributed by atoms with van der Waals surface area (Å²) in [6.07, 6.45) is 7.35. The van der Waals surface area contributed by atoms with E-state index in [1.807, 2.05) is 36.4 Å². The molecule has 0 bridgehead atoms. The zero-order chi connectivity index (χ0) is 17.8. The summed E-state index contributed by atoms with van der Waals surface area (Å²) in [6, 6.07) is 15.8. The standard InChI is InChI=1S/C21H22N4O/c26-21(19-15-23-20-11-5-7-13-25(19)20)24-18(17-10-4-6-12-22-17)14-16-8-2-1-3-9-16/h1-4,6,8-10,12,15,18H,5,7,11,13-14H2,(H,24,26). The number of amides is 1. The minimum atomic E-state index is -0.180. The first kappa shape index (κ1) is 16.5. The van der Waals surface area contributed by atoms with Crippen LogP contribution in [0.25, 0.3) is 0 Å². The summed E-state index contributed by atoms with van der Waals surface area (Å²) in [6.45, 7) is 0.866. The van der Waals surface area contributed by atoms with E-state index in [2.05, 4.69) is 32.0 Å². The van der Waals surface area contributed by atoms with Crippen molar-refractivity contribution in [1.29, 1.82) is 0 Å². The van der Waals surface area contributed by atoms with E-state index < -0.39 is 0 Å². The van der Waals surface area contributed by atoms with Gasteiger partial charge >= 0.3 is 0 Å². The summed E-state index contributed by atoms with van der Waals surface area (Å²) in [7, 11) is 0. The lowest BCUT2D eigenvalue weighted by atomic mass is 10.0. The molecular weight excluding hydrogens is 324 g/mol. The molecule has 132 valence electrons. The normalized spacial score (nSPS) is 14.5. The van der Waals surface area contributed by atoms with Crippen LogP contribution in [0.2, 0.25) is 0 Å². The van der Waals surface area contributed by atoms with Crippen LogP contribution < -0.4 is 5.32 Å². The molecule has 0 radical (unpaired) electrons. The Kier molecular flexibility index (Phi) is 4.78. The molecule has 1 amide bonds.